The molecule has 2 amide bonds. The molecule has 0 aliphatic heterocycles. The van der Waals surface area contributed by atoms with Crippen LogP contribution in [0.2, 0.25) is 0 Å². The number of rotatable bonds is 7. The normalized spacial score (nSPS) is 13.3. The summed E-state index contributed by atoms with van der Waals surface area (Å²) in [6, 6.07) is 6.78. The van der Waals surface area contributed by atoms with Gasteiger partial charge >= 0.3 is 11.8 Å². The summed E-state index contributed by atoms with van der Waals surface area (Å²) in [7, 11) is 1.50. The van der Waals surface area contributed by atoms with Gasteiger partial charge in [0.25, 0.3) is 0 Å². The topological polar surface area (TPSA) is 101 Å². The zero-order valence-corrected chi connectivity index (χ0v) is 13.4. The van der Waals surface area contributed by atoms with E-state index < -0.39 is 17.4 Å². The summed E-state index contributed by atoms with van der Waals surface area (Å²) >= 11 is 1.33. The van der Waals surface area contributed by atoms with Crippen molar-refractivity contribution in [2.45, 2.75) is 5.60 Å². The third-order valence-corrected chi connectivity index (χ3v) is 4.18. The minimum absolute atomic E-state index is 0.183. The number of aliphatic hydroxyl groups is 1. The molecule has 2 heterocycles. The molecule has 124 valence electrons. The van der Waals surface area contributed by atoms with Gasteiger partial charge in [-0.25, -0.2) is 0 Å². The zero-order chi connectivity index (χ0) is 16.7. The first-order valence-electron chi connectivity index (χ1n) is 6.93. The van der Waals surface area contributed by atoms with Gasteiger partial charge in [0.15, 0.2) is 5.60 Å². The molecule has 23 heavy (non-hydrogen) atoms. The zero-order valence-electron chi connectivity index (χ0n) is 12.6. The van der Waals surface area contributed by atoms with Gasteiger partial charge in [0.1, 0.15) is 5.76 Å². The standard InChI is InChI=1S/C15H18N2O5S/c1-21-8-6-16-13(18)14(19)17-10-15(20,11-4-2-7-22-11)12-5-3-9-23-12/h2-5,7,9,20H,6,8,10H2,1H3,(H,16,18)(H,17,19). The van der Waals surface area contributed by atoms with Crippen molar-refractivity contribution in [3.8, 4) is 0 Å². The highest BCUT2D eigenvalue weighted by atomic mass is 32.1. The Labute approximate surface area is 137 Å². The highest BCUT2D eigenvalue weighted by molar-refractivity contribution is 7.10. The summed E-state index contributed by atoms with van der Waals surface area (Å²) in [5.41, 5.74) is -1.53. The van der Waals surface area contributed by atoms with Crippen LogP contribution in [0.4, 0.5) is 0 Å². The number of thiophene rings is 1. The Hall–Kier alpha value is -2.16. The van der Waals surface area contributed by atoms with E-state index in [1.165, 1.54) is 24.7 Å². The maximum atomic E-state index is 11.8. The van der Waals surface area contributed by atoms with Gasteiger partial charge in [-0.15, -0.1) is 11.3 Å². The van der Waals surface area contributed by atoms with Crippen LogP contribution < -0.4 is 10.6 Å². The van der Waals surface area contributed by atoms with Crippen LogP contribution in [-0.2, 0) is 19.9 Å². The summed E-state index contributed by atoms with van der Waals surface area (Å²) in [5.74, 6) is -1.32. The molecule has 0 fully saturated rings. The second kappa shape index (κ2) is 7.91. The Morgan fingerprint density at radius 1 is 1.30 bits per heavy atom. The number of carbonyl (C=O) groups is 2. The third-order valence-electron chi connectivity index (χ3n) is 3.16. The van der Waals surface area contributed by atoms with Gasteiger partial charge in [0.2, 0.25) is 0 Å². The second-order valence-electron chi connectivity index (χ2n) is 4.75. The molecule has 2 rings (SSSR count). The van der Waals surface area contributed by atoms with E-state index >= 15 is 0 Å². The van der Waals surface area contributed by atoms with Gasteiger partial charge < -0.3 is 24.9 Å². The molecule has 0 radical (unpaired) electrons. The highest BCUT2D eigenvalue weighted by Gasteiger charge is 2.36. The first-order valence-corrected chi connectivity index (χ1v) is 7.81. The largest absolute Gasteiger partial charge is 0.466 e. The monoisotopic (exact) mass is 338 g/mol. The van der Waals surface area contributed by atoms with E-state index in [1.54, 1.807) is 24.3 Å². The Morgan fingerprint density at radius 3 is 2.70 bits per heavy atom. The first kappa shape index (κ1) is 17.2. The lowest BCUT2D eigenvalue weighted by Gasteiger charge is -2.25. The quantitative estimate of drug-likeness (QED) is 0.503. The molecule has 0 saturated carbocycles. The number of amides is 2. The number of ether oxygens (including phenoxy) is 1. The maximum Gasteiger partial charge on any atom is 0.309 e. The number of hydrogen-bond donors (Lipinski definition) is 3. The third kappa shape index (κ3) is 4.19. The minimum Gasteiger partial charge on any atom is -0.466 e. The van der Waals surface area contributed by atoms with Crippen molar-refractivity contribution >= 4 is 23.2 Å². The van der Waals surface area contributed by atoms with Crippen molar-refractivity contribution < 1.29 is 23.8 Å². The number of carbonyl (C=O) groups excluding carboxylic acids is 2. The van der Waals surface area contributed by atoms with Crippen molar-refractivity contribution in [2.24, 2.45) is 0 Å². The van der Waals surface area contributed by atoms with Crippen LogP contribution in [0.1, 0.15) is 10.6 Å². The van der Waals surface area contributed by atoms with E-state index in [0.717, 1.165) is 0 Å². The van der Waals surface area contributed by atoms with Crippen LogP contribution in [0.3, 0.4) is 0 Å². The lowest BCUT2D eigenvalue weighted by Crippen LogP contribution is -2.47. The molecule has 0 saturated heterocycles. The molecule has 7 nitrogen and oxygen atoms in total. The molecule has 2 aromatic heterocycles. The molecule has 1 unspecified atom stereocenters. The van der Waals surface area contributed by atoms with E-state index in [1.807, 2.05) is 5.38 Å². The molecule has 3 N–H and O–H groups in total. The van der Waals surface area contributed by atoms with Crippen molar-refractivity contribution in [2.75, 3.05) is 26.8 Å². The molecule has 2 aromatic rings. The molecular weight excluding hydrogens is 320 g/mol. The average molecular weight is 338 g/mol. The molecule has 0 aliphatic carbocycles. The molecular formula is C15H18N2O5S. The fourth-order valence-electron chi connectivity index (χ4n) is 1.96. The van der Waals surface area contributed by atoms with Gasteiger partial charge in [0.05, 0.1) is 19.4 Å². The van der Waals surface area contributed by atoms with Crippen molar-refractivity contribution in [1.82, 2.24) is 10.6 Å². The Balaban J connectivity index is 2.03. The first-order chi connectivity index (χ1) is 11.1. The summed E-state index contributed by atoms with van der Waals surface area (Å²) in [6.07, 6.45) is 1.44. The van der Waals surface area contributed by atoms with Gasteiger partial charge in [-0.1, -0.05) is 6.07 Å². The number of nitrogens with one attached hydrogen (secondary N) is 2. The van der Waals surface area contributed by atoms with E-state index in [4.69, 9.17) is 9.15 Å². The molecule has 0 aromatic carbocycles. The van der Waals surface area contributed by atoms with Crippen LogP contribution in [-0.4, -0.2) is 43.7 Å². The van der Waals surface area contributed by atoms with Gasteiger partial charge in [-0.2, -0.15) is 0 Å². The Morgan fingerprint density at radius 2 is 2.09 bits per heavy atom. The molecule has 8 heteroatoms. The van der Waals surface area contributed by atoms with E-state index in [-0.39, 0.29) is 13.1 Å². The van der Waals surface area contributed by atoms with E-state index in [2.05, 4.69) is 10.6 Å². The molecule has 0 bridgehead atoms. The molecule has 0 aliphatic rings. The number of hydrogen-bond acceptors (Lipinski definition) is 6. The van der Waals surface area contributed by atoms with Crippen molar-refractivity contribution in [1.29, 1.82) is 0 Å². The minimum atomic E-state index is -1.53. The summed E-state index contributed by atoms with van der Waals surface area (Å²) in [4.78, 5) is 24.1. The predicted molar refractivity (Wildman–Crippen MR) is 83.9 cm³/mol. The van der Waals surface area contributed by atoms with E-state index in [9.17, 15) is 14.7 Å². The highest BCUT2D eigenvalue weighted by Crippen LogP contribution is 2.32. The van der Waals surface area contributed by atoms with Gasteiger partial charge in [-0.3, -0.25) is 9.59 Å². The molecule has 1 atom stereocenters. The SMILES string of the molecule is COCCNC(=O)C(=O)NCC(O)(c1ccco1)c1cccs1. The van der Waals surface area contributed by atoms with Gasteiger partial charge in [0, 0.05) is 18.5 Å². The summed E-state index contributed by atoms with van der Waals surface area (Å²) in [5, 5.41) is 17.6. The second-order valence-corrected chi connectivity index (χ2v) is 5.69. The van der Waals surface area contributed by atoms with Crippen LogP contribution in [0.5, 0.6) is 0 Å². The predicted octanol–water partition coefficient (Wildman–Crippen LogP) is 0.456. The fourth-order valence-corrected chi connectivity index (χ4v) is 2.79. The number of methoxy groups -OCH3 is 1. The smallest absolute Gasteiger partial charge is 0.309 e. The lowest BCUT2D eigenvalue weighted by atomic mass is 9.98. The fraction of sp³-hybridized carbons (Fsp3) is 0.333. The van der Waals surface area contributed by atoms with E-state index in [0.29, 0.717) is 17.2 Å². The molecule has 0 spiro atoms. The summed E-state index contributed by atoms with van der Waals surface area (Å²) in [6.45, 7) is 0.359. The van der Waals surface area contributed by atoms with Gasteiger partial charge in [-0.05, 0) is 23.6 Å². The van der Waals surface area contributed by atoms with Crippen molar-refractivity contribution in [3.05, 3.63) is 46.5 Å². The van der Waals surface area contributed by atoms with Crippen LogP contribution in [0.25, 0.3) is 0 Å². The Bertz CT molecular complexity index is 590. The average Bonchev–Trinajstić information content (AvgIpc) is 3.25. The maximum absolute atomic E-state index is 11.8. The summed E-state index contributed by atoms with van der Waals surface area (Å²) < 4.78 is 10.1. The van der Waals surface area contributed by atoms with Crippen LogP contribution in [0, 0.1) is 0 Å². The van der Waals surface area contributed by atoms with Crippen LogP contribution >= 0.6 is 11.3 Å². The van der Waals surface area contributed by atoms with Crippen LogP contribution in [0.15, 0.2) is 40.3 Å². The Kier molecular flexibility index (Phi) is 5.91. The van der Waals surface area contributed by atoms with Crippen molar-refractivity contribution in [3.63, 3.8) is 0 Å². The lowest BCUT2D eigenvalue weighted by molar-refractivity contribution is -0.139. The number of furan rings is 1.